The molecule has 1 nitrogen and oxygen atoms in total. The number of hydrogen-bond donors (Lipinski definition) is 1. The van der Waals surface area contributed by atoms with Crippen molar-refractivity contribution in [1.29, 1.82) is 0 Å². The van der Waals surface area contributed by atoms with Crippen molar-refractivity contribution in [2.75, 3.05) is 13.1 Å². The van der Waals surface area contributed by atoms with Gasteiger partial charge in [-0.05, 0) is 36.8 Å². The molecule has 0 amide bonds. The lowest BCUT2D eigenvalue weighted by Crippen LogP contribution is -2.27. The van der Waals surface area contributed by atoms with E-state index in [1.165, 1.54) is 44.2 Å². The third kappa shape index (κ3) is 4.16. The summed E-state index contributed by atoms with van der Waals surface area (Å²) in [6.07, 6.45) is 7.22. The lowest BCUT2D eigenvalue weighted by atomic mass is 9.89. The summed E-state index contributed by atoms with van der Waals surface area (Å²) in [5.74, 6) is 1.56. The van der Waals surface area contributed by atoms with Gasteiger partial charge in [-0.2, -0.15) is 0 Å². The highest BCUT2D eigenvalue weighted by molar-refractivity contribution is 5.18. The molecule has 1 aromatic rings. The summed E-state index contributed by atoms with van der Waals surface area (Å²) in [6, 6.07) is 10.8. The number of rotatable bonds is 5. The van der Waals surface area contributed by atoms with Gasteiger partial charge < -0.3 is 5.32 Å². The Morgan fingerprint density at radius 2 is 1.82 bits per heavy atom. The Hall–Kier alpha value is -0.820. The van der Waals surface area contributed by atoms with E-state index in [1.807, 2.05) is 0 Å². The van der Waals surface area contributed by atoms with Gasteiger partial charge in [-0.3, -0.25) is 0 Å². The van der Waals surface area contributed by atoms with E-state index in [0.717, 1.165) is 12.5 Å². The molecule has 0 spiro atoms. The van der Waals surface area contributed by atoms with E-state index in [1.54, 1.807) is 0 Å². The molecule has 0 radical (unpaired) electrons. The van der Waals surface area contributed by atoms with E-state index >= 15 is 0 Å². The molecule has 94 valence electrons. The number of hydrogen-bond acceptors (Lipinski definition) is 1. The standard InChI is InChI=1S/C16H25N/c1-14(16-10-6-3-7-11-16)12-17-13-15-8-4-2-5-9-15/h3,6-7,10-11,14-15,17H,2,4-5,8-9,12-13H2,1H3. The molecule has 1 saturated carbocycles. The Kier molecular flexibility index (Phi) is 5.06. The molecule has 1 N–H and O–H groups in total. The molecule has 0 aromatic heterocycles. The molecule has 1 aromatic carbocycles. The average Bonchev–Trinajstić information content (AvgIpc) is 2.41. The first kappa shape index (κ1) is 12.6. The fraction of sp³-hybridized carbons (Fsp3) is 0.625. The smallest absolute Gasteiger partial charge is 0.00176 e. The van der Waals surface area contributed by atoms with Gasteiger partial charge in [0.2, 0.25) is 0 Å². The SMILES string of the molecule is CC(CNCC1CCCCC1)c1ccccc1. The molecule has 1 aliphatic rings. The molecule has 1 aliphatic carbocycles. The van der Waals surface area contributed by atoms with Gasteiger partial charge in [0.25, 0.3) is 0 Å². The maximum absolute atomic E-state index is 3.65. The van der Waals surface area contributed by atoms with Crippen LogP contribution in [0.1, 0.15) is 50.5 Å². The fourth-order valence-electron chi connectivity index (χ4n) is 2.79. The Morgan fingerprint density at radius 3 is 2.53 bits per heavy atom. The first-order chi connectivity index (χ1) is 8.36. The number of nitrogens with one attached hydrogen (secondary N) is 1. The topological polar surface area (TPSA) is 12.0 Å². The van der Waals surface area contributed by atoms with Crippen LogP contribution in [-0.2, 0) is 0 Å². The highest BCUT2D eigenvalue weighted by Gasteiger charge is 2.13. The van der Waals surface area contributed by atoms with Gasteiger partial charge in [-0.15, -0.1) is 0 Å². The minimum absolute atomic E-state index is 0.625. The summed E-state index contributed by atoms with van der Waals surface area (Å²) < 4.78 is 0. The van der Waals surface area contributed by atoms with Crippen LogP contribution in [0.4, 0.5) is 0 Å². The Labute approximate surface area is 106 Å². The largest absolute Gasteiger partial charge is 0.316 e. The quantitative estimate of drug-likeness (QED) is 0.809. The van der Waals surface area contributed by atoms with Crippen LogP contribution < -0.4 is 5.32 Å². The molecule has 0 bridgehead atoms. The molecular weight excluding hydrogens is 206 g/mol. The highest BCUT2D eigenvalue weighted by Crippen LogP contribution is 2.23. The Balaban J connectivity index is 1.67. The predicted molar refractivity (Wildman–Crippen MR) is 74.3 cm³/mol. The zero-order chi connectivity index (χ0) is 11.9. The average molecular weight is 231 g/mol. The van der Waals surface area contributed by atoms with Crippen LogP contribution in [0.5, 0.6) is 0 Å². The fourth-order valence-corrected chi connectivity index (χ4v) is 2.79. The van der Waals surface area contributed by atoms with Gasteiger partial charge in [0.15, 0.2) is 0 Å². The summed E-state index contributed by atoms with van der Waals surface area (Å²) in [5, 5.41) is 3.65. The van der Waals surface area contributed by atoms with Crippen LogP contribution in [0, 0.1) is 5.92 Å². The highest BCUT2D eigenvalue weighted by atomic mass is 14.9. The van der Waals surface area contributed by atoms with Crippen molar-refractivity contribution in [2.24, 2.45) is 5.92 Å². The lowest BCUT2D eigenvalue weighted by Gasteiger charge is -2.23. The normalized spacial score (nSPS) is 19.1. The number of benzene rings is 1. The molecule has 1 atom stereocenters. The van der Waals surface area contributed by atoms with Gasteiger partial charge in [0.1, 0.15) is 0 Å². The molecule has 0 saturated heterocycles. The van der Waals surface area contributed by atoms with Crippen LogP contribution in [0.3, 0.4) is 0 Å². The Bertz CT molecular complexity index is 301. The van der Waals surface area contributed by atoms with Crippen LogP contribution >= 0.6 is 0 Å². The summed E-state index contributed by atoms with van der Waals surface area (Å²) in [4.78, 5) is 0. The van der Waals surface area contributed by atoms with Crippen molar-refractivity contribution in [2.45, 2.75) is 44.9 Å². The van der Waals surface area contributed by atoms with Crippen LogP contribution in [-0.4, -0.2) is 13.1 Å². The molecule has 17 heavy (non-hydrogen) atoms. The summed E-state index contributed by atoms with van der Waals surface area (Å²) >= 11 is 0. The monoisotopic (exact) mass is 231 g/mol. The van der Waals surface area contributed by atoms with Crippen LogP contribution in [0.25, 0.3) is 0 Å². The molecule has 1 heteroatoms. The van der Waals surface area contributed by atoms with E-state index in [0.29, 0.717) is 5.92 Å². The van der Waals surface area contributed by atoms with E-state index in [4.69, 9.17) is 0 Å². The first-order valence-corrected chi connectivity index (χ1v) is 7.12. The van der Waals surface area contributed by atoms with Gasteiger partial charge in [-0.1, -0.05) is 56.5 Å². The summed E-state index contributed by atoms with van der Waals surface area (Å²) in [6.45, 7) is 4.64. The maximum atomic E-state index is 3.65. The van der Waals surface area contributed by atoms with Gasteiger partial charge >= 0.3 is 0 Å². The minimum Gasteiger partial charge on any atom is -0.316 e. The lowest BCUT2D eigenvalue weighted by molar-refractivity contribution is 0.340. The second kappa shape index (κ2) is 6.80. The zero-order valence-corrected chi connectivity index (χ0v) is 11.0. The van der Waals surface area contributed by atoms with Gasteiger partial charge in [0, 0.05) is 6.54 Å². The van der Waals surface area contributed by atoms with Crippen molar-refractivity contribution < 1.29 is 0 Å². The molecular formula is C16H25N. The van der Waals surface area contributed by atoms with E-state index in [9.17, 15) is 0 Å². The molecule has 1 fully saturated rings. The third-order valence-electron chi connectivity index (χ3n) is 3.98. The summed E-state index contributed by atoms with van der Waals surface area (Å²) in [5.41, 5.74) is 1.45. The van der Waals surface area contributed by atoms with E-state index in [-0.39, 0.29) is 0 Å². The Morgan fingerprint density at radius 1 is 1.12 bits per heavy atom. The van der Waals surface area contributed by atoms with Crippen LogP contribution in [0.2, 0.25) is 0 Å². The second-order valence-electron chi connectivity index (χ2n) is 5.47. The van der Waals surface area contributed by atoms with Crippen molar-refractivity contribution in [1.82, 2.24) is 5.32 Å². The van der Waals surface area contributed by atoms with Crippen LogP contribution in [0.15, 0.2) is 30.3 Å². The van der Waals surface area contributed by atoms with E-state index < -0.39 is 0 Å². The minimum atomic E-state index is 0.625. The maximum Gasteiger partial charge on any atom is 0.00176 e. The van der Waals surface area contributed by atoms with Crippen molar-refractivity contribution >= 4 is 0 Å². The van der Waals surface area contributed by atoms with Crippen molar-refractivity contribution in [3.8, 4) is 0 Å². The van der Waals surface area contributed by atoms with Gasteiger partial charge in [-0.25, -0.2) is 0 Å². The first-order valence-electron chi connectivity index (χ1n) is 7.12. The summed E-state index contributed by atoms with van der Waals surface area (Å²) in [7, 11) is 0. The van der Waals surface area contributed by atoms with E-state index in [2.05, 4.69) is 42.6 Å². The molecule has 2 rings (SSSR count). The third-order valence-corrected chi connectivity index (χ3v) is 3.98. The molecule has 0 aliphatic heterocycles. The van der Waals surface area contributed by atoms with Crippen molar-refractivity contribution in [3.05, 3.63) is 35.9 Å². The van der Waals surface area contributed by atoms with Crippen molar-refractivity contribution in [3.63, 3.8) is 0 Å². The van der Waals surface area contributed by atoms with Gasteiger partial charge in [0.05, 0.1) is 0 Å². The molecule has 0 heterocycles. The second-order valence-corrected chi connectivity index (χ2v) is 5.47. The molecule has 1 unspecified atom stereocenters. The zero-order valence-electron chi connectivity index (χ0n) is 11.0. The predicted octanol–water partition coefficient (Wildman–Crippen LogP) is 3.96.